The van der Waals surface area contributed by atoms with E-state index in [0.717, 1.165) is 12.1 Å². The van der Waals surface area contributed by atoms with E-state index < -0.39 is 17.6 Å². The van der Waals surface area contributed by atoms with E-state index in [4.69, 9.17) is 10.5 Å². The van der Waals surface area contributed by atoms with Crippen molar-refractivity contribution in [1.29, 1.82) is 0 Å². The maximum Gasteiger partial charge on any atom is 0.416 e. The Morgan fingerprint density at radius 3 is 2.65 bits per heavy atom. The number of nitrogens with one attached hydrogen (secondary N) is 1. The second kappa shape index (κ2) is 6.55. The summed E-state index contributed by atoms with van der Waals surface area (Å²) < 4.78 is 44.3. The van der Waals surface area contributed by atoms with Gasteiger partial charge in [0.2, 0.25) is 5.91 Å². The lowest BCUT2D eigenvalue weighted by Crippen LogP contribution is -2.05. The van der Waals surface area contributed by atoms with Crippen molar-refractivity contribution in [2.75, 3.05) is 7.11 Å². The molecule has 1 amide bonds. The molecule has 0 fully saturated rings. The zero-order valence-electron chi connectivity index (χ0n) is 13.6. The van der Waals surface area contributed by atoms with Crippen LogP contribution in [0.2, 0.25) is 0 Å². The minimum atomic E-state index is -4.50. The maximum absolute atomic E-state index is 13.1. The molecular weight excluding hydrogens is 347 g/mol. The van der Waals surface area contributed by atoms with Gasteiger partial charge in [-0.1, -0.05) is 0 Å². The topological polar surface area (TPSA) is 81.0 Å². The number of amides is 1. The number of benzene rings is 1. The molecule has 3 rings (SSSR count). The molecule has 0 aliphatic rings. The van der Waals surface area contributed by atoms with E-state index in [0.29, 0.717) is 27.7 Å². The van der Waals surface area contributed by atoms with Crippen LogP contribution in [0.5, 0.6) is 5.75 Å². The fraction of sp³-hybridized carbons (Fsp3) is 0.111. The van der Waals surface area contributed by atoms with Gasteiger partial charge in [-0.3, -0.25) is 4.79 Å². The van der Waals surface area contributed by atoms with Crippen molar-refractivity contribution in [2.24, 2.45) is 5.73 Å². The molecule has 2 aromatic heterocycles. The normalized spacial score (nSPS) is 12.0. The number of methoxy groups -OCH3 is 1. The SMILES string of the molecule is COc1cc(-c2cnc3[nH]cc(/C=C/C(N)=O)c3c2)cc(C(F)(F)F)c1. The number of fused-ring (bicyclic) bond motifs is 1. The molecule has 0 atom stereocenters. The molecule has 0 aliphatic heterocycles. The van der Waals surface area contributed by atoms with Crippen LogP contribution in [0.1, 0.15) is 11.1 Å². The number of rotatable bonds is 4. The molecule has 0 bridgehead atoms. The summed E-state index contributed by atoms with van der Waals surface area (Å²) in [5, 5.41) is 0.649. The van der Waals surface area contributed by atoms with Crippen molar-refractivity contribution < 1.29 is 22.7 Å². The van der Waals surface area contributed by atoms with Crippen LogP contribution in [0, 0.1) is 0 Å². The Bertz CT molecular complexity index is 1010. The molecule has 3 aromatic rings. The molecule has 134 valence electrons. The van der Waals surface area contributed by atoms with Crippen LogP contribution in [-0.2, 0) is 11.0 Å². The number of carbonyl (C=O) groups is 1. The van der Waals surface area contributed by atoms with Gasteiger partial charge in [0.25, 0.3) is 0 Å². The van der Waals surface area contributed by atoms with Gasteiger partial charge < -0.3 is 15.5 Å². The van der Waals surface area contributed by atoms with E-state index in [2.05, 4.69) is 9.97 Å². The number of alkyl halides is 3. The molecule has 3 N–H and O–H groups in total. The van der Waals surface area contributed by atoms with Gasteiger partial charge in [-0.2, -0.15) is 13.2 Å². The highest BCUT2D eigenvalue weighted by Gasteiger charge is 2.31. The fourth-order valence-electron chi connectivity index (χ4n) is 2.54. The number of H-pyrrole nitrogens is 1. The lowest BCUT2D eigenvalue weighted by molar-refractivity contribution is -0.137. The molecular formula is C18H14F3N3O2. The average molecular weight is 361 g/mol. The Hall–Kier alpha value is -3.29. The Morgan fingerprint density at radius 2 is 2.00 bits per heavy atom. The molecule has 0 aliphatic carbocycles. The number of carbonyl (C=O) groups excluding carboxylic acids is 1. The van der Waals surface area contributed by atoms with E-state index in [1.165, 1.54) is 31.5 Å². The third-order valence-electron chi connectivity index (χ3n) is 3.79. The summed E-state index contributed by atoms with van der Waals surface area (Å²) in [6.45, 7) is 0. The highest BCUT2D eigenvalue weighted by Crippen LogP contribution is 2.36. The van der Waals surface area contributed by atoms with Crippen molar-refractivity contribution >= 4 is 23.0 Å². The largest absolute Gasteiger partial charge is 0.497 e. The Kier molecular flexibility index (Phi) is 4.41. The number of pyridine rings is 1. The first-order chi connectivity index (χ1) is 12.3. The number of hydrogen-bond acceptors (Lipinski definition) is 3. The summed E-state index contributed by atoms with van der Waals surface area (Å²) in [7, 11) is 1.31. The average Bonchev–Trinajstić information content (AvgIpc) is 3.01. The summed E-state index contributed by atoms with van der Waals surface area (Å²) in [4.78, 5) is 18.1. The summed E-state index contributed by atoms with van der Waals surface area (Å²) in [6.07, 6.45) is 1.31. The first-order valence-electron chi connectivity index (χ1n) is 7.49. The van der Waals surface area contributed by atoms with Crippen LogP contribution in [-0.4, -0.2) is 23.0 Å². The predicted octanol–water partition coefficient (Wildman–Crippen LogP) is 3.76. The first-order valence-corrected chi connectivity index (χ1v) is 7.49. The minimum Gasteiger partial charge on any atom is -0.497 e. The molecule has 0 saturated carbocycles. The van der Waals surface area contributed by atoms with E-state index in [-0.39, 0.29) is 5.75 Å². The molecule has 26 heavy (non-hydrogen) atoms. The maximum atomic E-state index is 13.1. The van der Waals surface area contributed by atoms with Crippen LogP contribution < -0.4 is 10.5 Å². The van der Waals surface area contributed by atoms with Gasteiger partial charge in [0.15, 0.2) is 0 Å². The number of primary amides is 1. The highest BCUT2D eigenvalue weighted by molar-refractivity contribution is 5.95. The van der Waals surface area contributed by atoms with Gasteiger partial charge in [0.05, 0.1) is 12.7 Å². The third-order valence-corrected chi connectivity index (χ3v) is 3.79. The molecule has 0 radical (unpaired) electrons. The van der Waals surface area contributed by atoms with Crippen molar-refractivity contribution in [3.05, 3.63) is 53.9 Å². The Morgan fingerprint density at radius 1 is 1.23 bits per heavy atom. The first kappa shape index (κ1) is 17.5. The number of nitrogens with two attached hydrogens (primary N) is 1. The van der Waals surface area contributed by atoms with Crippen LogP contribution in [0.15, 0.2) is 42.7 Å². The van der Waals surface area contributed by atoms with E-state index in [1.807, 2.05) is 0 Å². The summed E-state index contributed by atoms with van der Waals surface area (Å²) in [5.41, 5.74) is 6.26. The van der Waals surface area contributed by atoms with Crippen LogP contribution in [0.3, 0.4) is 0 Å². The van der Waals surface area contributed by atoms with Crippen LogP contribution in [0.4, 0.5) is 13.2 Å². The molecule has 8 heteroatoms. The summed E-state index contributed by atoms with van der Waals surface area (Å²) in [6, 6.07) is 5.17. The zero-order chi connectivity index (χ0) is 18.9. The fourth-order valence-corrected chi connectivity index (χ4v) is 2.54. The number of aromatic nitrogens is 2. The van der Waals surface area contributed by atoms with Crippen molar-refractivity contribution in [3.8, 4) is 16.9 Å². The lowest BCUT2D eigenvalue weighted by Gasteiger charge is -2.12. The van der Waals surface area contributed by atoms with Gasteiger partial charge in [0, 0.05) is 35.0 Å². The van der Waals surface area contributed by atoms with E-state index in [9.17, 15) is 18.0 Å². The highest BCUT2D eigenvalue weighted by atomic mass is 19.4. The number of aromatic amines is 1. The van der Waals surface area contributed by atoms with Gasteiger partial charge in [-0.25, -0.2) is 4.98 Å². The molecule has 1 aromatic carbocycles. The second-order valence-electron chi connectivity index (χ2n) is 5.55. The van der Waals surface area contributed by atoms with Gasteiger partial charge in [0.1, 0.15) is 11.4 Å². The molecule has 2 heterocycles. The lowest BCUT2D eigenvalue weighted by atomic mass is 10.0. The quantitative estimate of drug-likeness (QED) is 0.695. The molecule has 0 spiro atoms. The molecule has 0 saturated heterocycles. The Labute approximate surface area is 146 Å². The van der Waals surface area contributed by atoms with E-state index in [1.54, 1.807) is 12.3 Å². The van der Waals surface area contributed by atoms with Crippen LogP contribution in [0.25, 0.3) is 28.2 Å². The van der Waals surface area contributed by atoms with Crippen molar-refractivity contribution in [1.82, 2.24) is 9.97 Å². The number of halogens is 3. The van der Waals surface area contributed by atoms with Gasteiger partial charge in [-0.05, 0) is 35.9 Å². The third kappa shape index (κ3) is 3.53. The molecule has 0 unspecified atom stereocenters. The van der Waals surface area contributed by atoms with E-state index >= 15 is 0 Å². The van der Waals surface area contributed by atoms with Crippen LogP contribution >= 0.6 is 0 Å². The zero-order valence-corrected chi connectivity index (χ0v) is 13.6. The number of nitrogens with zero attached hydrogens (tertiary/aromatic N) is 1. The smallest absolute Gasteiger partial charge is 0.416 e. The monoisotopic (exact) mass is 361 g/mol. The second-order valence-corrected chi connectivity index (χ2v) is 5.55. The van der Waals surface area contributed by atoms with Gasteiger partial charge in [-0.15, -0.1) is 0 Å². The standard InChI is InChI=1S/C18H14F3N3O2/c1-26-14-5-11(4-13(7-14)18(19,20)21)12-6-15-10(2-3-16(22)25)8-23-17(15)24-9-12/h2-9H,1H3,(H2,22,25)(H,23,24)/b3-2+. The minimum absolute atomic E-state index is 0.0952. The summed E-state index contributed by atoms with van der Waals surface area (Å²) >= 11 is 0. The Balaban J connectivity index is 2.13. The number of hydrogen-bond donors (Lipinski definition) is 2. The van der Waals surface area contributed by atoms with Crippen molar-refractivity contribution in [3.63, 3.8) is 0 Å². The summed E-state index contributed by atoms with van der Waals surface area (Å²) in [5.74, 6) is -0.510. The molecule has 5 nitrogen and oxygen atoms in total. The van der Waals surface area contributed by atoms with Crippen molar-refractivity contribution in [2.45, 2.75) is 6.18 Å². The van der Waals surface area contributed by atoms with Gasteiger partial charge >= 0.3 is 6.18 Å². The number of ether oxygens (including phenoxy) is 1. The predicted molar refractivity (Wildman–Crippen MR) is 91.3 cm³/mol.